The van der Waals surface area contributed by atoms with Gasteiger partial charge >= 0.3 is 0 Å². The number of nitriles is 1. The lowest BCUT2D eigenvalue weighted by molar-refractivity contribution is 0.760. The summed E-state index contributed by atoms with van der Waals surface area (Å²) in [6.07, 6.45) is 5.37. The number of hydrogen-bond donors (Lipinski definition) is 1. The molecule has 0 amide bonds. The lowest BCUT2D eigenvalue weighted by Gasteiger charge is -2.25. The summed E-state index contributed by atoms with van der Waals surface area (Å²) < 4.78 is 0. The van der Waals surface area contributed by atoms with Crippen LogP contribution in [0, 0.1) is 18.3 Å². The molecule has 1 heterocycles. The Kier molecular flexibility index (Phi) is 3.47. The van der Waals surface area contributed by atoms with Crippen LogP contribution in [0.1, 0.15) is 49.4 Å². The molecule has 1 N–H and O–H groups in total. The van der Waals surface area contributed by atoms with Crippen LogP contribution in [-0.2, 0) is 0 Å². The molecule has 0 unspecified atom stereocenters. The van der Waals surface area contributed by atoms with Gasteiger partial charge < -0.3 is 10.2 Å². The summed E-state index contributed by atoms with van der Waals surface area (Å²) in [6, 6.07) is 2.81. The zero-order valence-corrected chi connectivity index (χ0v) is 12.2. The zero-order chi connectivity index (χ0) is 14.1. The fourth-order valence-electron chi connectivity index (χ4n) is 2.59. The van der Waals surface area contributed by atoms with Crippen molar-refractivity contribution in [2.45, 2.75) is 51.0 Å². The van der Waals surface area contributed by atoms with E-state index in [4.69, 9.17) is 10.2 Å². The standard InChI is InChI=1S/C15H21N5/c1-10-13(17-2)18-14(11-4-5-11)19-15(10)20(9-3-8-16)12-6-7-12/h11-12H,3-7,9H2,1-2H3,(H,17,18,19). The van der Waals surface area contributed by atoms with Crippen LogP contribution in [0.3, 0.4) is 0 Å². The predicted molar refractivity (Wildman–Crippen MR) is 78.9 cm³/mol. The van der Waals surface area contributed by atoms with Crippen LogP contribution in [0.4, 0.5) is 11.6 Å². The molecule has 0 radical (unpaired) electrons. The SMILES string of the molecule is CNc1nc(C2CC2)nc(N(CCC#N)C2CC2)c1C. The Bertz CT molecular complexity index is 540. The summed E-state index contributed by atoms with van der Waals surface area (Å²) in [5.41, 5.74) is 1.10. The molecule has 2 aliphatic rings. The Balaban J connectivity index is 1.96. The molecular formula is C15H21N5. The second-order valence-electron chi connectivity index (χ2n) is 5.74. The summed E-state index contributed by atoms with van der Waals surface area (Å²) in [7, 11) is 1.91. The molecule has 1 aromatic rings. The second kappa shape index (κ2) is 5.28. The zero-order valence-electron chi connectivity index (χ0n) is 12.2. The van der Waals surface area contributed by atoms with E-state index in [2.05, 4.69) is 28.2 Å². The van der Waals surface area contributed by atoms with Gasteiger partial charge in [-0.25, -0.2) is 9.97 Å². The van der Waals surface area contributed by atoms with Crippen molar-refractivity contribution >= 4 is 11.6 Å². The molecule has 2 saturated carbocycles. The third-order valence-corrected chi connectivity index (χ3v) is 4.04. The van der Waals surface area contributed by atoms with Gasteiger partial charge in [-0.3, -0.25) is 0 Å². The summed E-state index contributed by atoms with van der Waals surface area (Å²) in [5, 5.41) is 12.1. The van der Waals surface area contributed by atoms with Crippen molar-refractivity contribution < 1.29 is 0 Å². The minimum atomic E-state index is 0.540. The minimum absolute atomic E-state index is 0.540. The third-order valence-electron chi connectivity index (χ3n) is 4.04. The molecule has 0 aromatic carbocycles. The molecule has 5 heteroatoms. The molecule has 5 nitrogen and oxygen atoms in total. The number of anilines is 2. The molecular weight excluding hydrogens is 250 g/mol. The number of hydrogen-bond acceptors (Lipinski definition) is 5. The minimum Gasteiger partial charge on any atom is -0.373 e. The highest BCUT2D eigenvalue weighted by atomic mass is 15.2. The molecule has 2 aliphatic carbocycles. The Morgan fingerprint density at radius 1 is 1.30 bits per heavy atom. The van der Waals surface area contributed by atoms with Crippen molar-refractivity contribution in [3.8, 4) is 6.07 Å². The number of nitrogens with zero attached hydrogens (tertiary/aromatic N) is 4. The normalized spacial score (nSPS) is 17.6. The third kappa shape index (κ3) is 2.55. The van der Waals surface area contributed by atoms with Crippen LogP contribution in [-0.4, -0.2) is 29.6 Å². The molecule has 0 saturated heterocycles. The van der Waals surface area contributed by atoms with Gasteiger partial charge in [-0.05, 0) is 32.6 Å². The fourth-order valence-corrected chi connectivity index (χ4v) is 2.59. The van der Waals surface area contributed by atoms with Crippen LogP contribution in [0.25, 0.3) is 0 Å². The molecule has 106 valence electrons. The van der Waals surface area contributed by atoms with Crippen LogP contribution in [0.15, 0.2) is 0 Å². The summed E-state index contributed by atoms with van der Waals surface area (Å²) in [4.78, 5) is 11.8. The largest absolute Gasteiger partial charge is 0.373 e. The molecule has 0 spiro atoms. The quantitative estimate of drug-likeness (QED) is 0.861. The number of rotatable bonds is 6. The average Bonchev–Trinajstić information content (AvgIpc) is 3.31. The van der Waals surface area contributed by atoms with E-state index in [9.17, 15) is 0 Å². The summed E-state index contributed by atoms with van der Waals surface area (Å²) >= 11 is 0. The van der Waals surface area contributed by atoms with Crippen molar-refractivity contribution in [3.05, 3.63) is 11.4 Å². The highest BCUT2D eigenvalue weighted by Gasteiger charge is 2.33. The van der Waals surface area contributed by atoms with Gasteiger partial charge in [0.05, 0.1) is 12.5 Å². The maximum atomic E-state index is 8.87. The fraction of sp³-hybridized carbons (Fsp3) is 0.667. The lowest BCUT2D eigenvalue weighted by Crippen LogP contribution is -2.29. The van der Waals surface area contributed by atoms with Gasteiger partial charge in [0, 0.05) is 31.1 Å². The highest BCUT2D eigenvalue weighted by molar-refractivity contribution is 5.60. The number of nitrogens with one attached hydrogen (secondary N) is 1. The van der Waals surface area contributed by atoms with Crippen LogP contribution < -0.4 is 10.2 Å². The first-order chi connectivity index (χ1) is 9.74. The highest BCUT2D eigenvalue weighted by Crippen LogP contribution is 2.41. The van der Waals surface area contributed by atoms with E-state index in [0.29, 0.717) is 18.4 Å². The topological polar surface area (TPSA) is 64.8 Å². The van der Waals surface area contributed by atoms with E-state index in [0.717, 1.165) is 29.6 Å². The van der Waals surface area contributed by atoms with Gasteiger partial charge in [-0.2, -0.15) is 5.26 Å². The molecule has 20 heavy (non-hydrogen) atoms. The van der Waals surface area contributed by atoms with Crippen molar-refractivity contribution in [1.29, 1.82) is 5.26 Å². The summed E-state index contributed by atoms with van der Waals surface area (Å²) in [5.74, 6) is 3.47. The van der Waals surface area contributed by atoms with E-state index >= 15 is 0 Å². The molecule has 1 aromatic heterocycles. The van der Waals surface area contributed by atoms with E-state index in [1.165, 1.54) is 25.7 Å². The number of aromatic nitrogens is 2. The maximum Gasteiger partial charge on any atom is 0.137 e. The van der Waals surface area contributed by atoms with E-state index in [-0.39, 0.29) is 0 Å². The van der Waals surface area contributed by atoms with Gasteiger partial charge in [-0.1, -0.05) is 0 Å². The van der Waals surface area contributed by atoms with Crippen LogP contribution in [0.2, 0.25) is 0 Å². The van der Waals surface area contributed by atoms with Crippen LogP contribution in [0.5, 0.6) is 0 Å². The second-order valence-corrected chi connectivity index (χ2v) is 5.74. The Hall–Kier alpha value is -1.83. The van der Waals surface area contributed by atoms with Gasteiger partial charge in [0.2, 0.25) is 0 Å². The smallest absolute Gasteiger partial charge is 0.137 e. The van der Waals surface area contributed by atoms with E-state index in [1.807, 2.05) is 7.05 Å². The average molecular weight is 271 g/mol. The van der Waals surface area contributed by atoms with Gasteiger partial charge in [-0.15, -0.1) is 0 Å². The van der Waals surface area contributed by atoms with Crippen molar-refractivity contribution in [1.82, 2.24) is 9.97 Å². The molecule has 2 fully saturated rings. The van der Waals surface area contributed by atoms with Crippen molar-refractivity contribution in [2.75, 3.05) is 23.8 Å². The monoisotopic (exact) mass is 271 g/mol. The molecule has 0 atom stereocenters. The molecule has 0 bridgehead atoms. The van der Waals surface area contributed by atoms with Crippen molar-refractivity contribution in [3.63, 3.8) is 0 Å². The Morgan fingerprint density at radius 2 is 2.05 bits per heavy atom. The van der Waals surface area contributed by atoms with E-state index < -0.39 is 0 Å². The maximum absolute atomic E-state index is 8.87. The first-order valence-electron chi connectivity index (χ1n) is 7.44. The molecule has 3 rings (SSSR count). The molecule has 0 aliphatic heterocycles. The van der Waals surface area contributed by atoms with Gasteiger partial charge in [0.15, 0.2) is 0 Å². The first kappa shape index (κ1) is 13.2. The lowest BCUT2D eigenvalue weighted by atomic mass is 10.2. The first-order valence-corrected chi connectivity index (χ1v) is 7.44. The van der Waals surface area contributed by atoms with Gasteiger partial charge in [0.1, 0.15) is 17.5 Å². The summed E-state index contributed by atoms with van der Waals surface area (Å²) in [6.45, 7) is 2.84. The predicted octanol–water partition coefficient (Wildman–Crippen LogP) is 2.59. The van der Waals surface area contributed by atoms with Crippen LogP contribution >= 0.6 is 0 Å². The Morgan fingerprint density at radius 3 is 2.60 bits per heavy atom. The van der Waals surface area contributed by atoms with Crippen molar-refractivity contribution in [2.24, 2.45) is 0 Å². The van der Waals surface area contributed by atoms with E-state index in [1.54, 1.807) is 0 Å². The Labute approximate surface area is 120 Å². The van der Waals surface area contributed by atoms with Gasteiger partial charge in [0.25, 0.3) is 0 Å².